The topological polar surface area (TPSA) is 44.7 Å². The van der Waals surface area contributed by atoms with Gasteiger partial charge in [-0.2, -0.15) is 0 Å². The molecule has 0 amide bonds. The summed E-state index contributed by atoms with van der Waals surface area (Å²) in [5.74, 6) is 0. The number of nitrogens with zero attached hydrogens (tertiary/aromatic N) is 1. The zero-order chi connectivity index (χ0) is 16.1. The van der Waals surface area contributed by atoms with Crippen molar-refractivity contribution >= 4 is 0 Å². The van der Waals surface area contributed by atoms with Gasteiger partial charge in [0.1, 0.15) is 0 Å². The molecule has 0 aliphatic carbocycles. The van der Waals surface area contributed by atoms with Crippen molar-refractivity contribution < 1.29 is 9.84 Å². The Labute approximate surface area is 132 Å². The lowest BCUT2D eigenvalue weighted by Crippen LogP contribution is -2.48. The molecule has 0 rings (SSSR count). The van der Waals surface area contributed by atoms with Crippen LogP contribution in [0.3, 0.4) is 0 Å². The standard InChI is InChI=1S/C17H38N2O2/c1-6-16(7-2)19(13-14-21-5)12-10-11-17(8-3,15-20)18-9-4/h16,18,20H,6-15H2,1-5H3. The summed E-state index contributed by atoms with van der Waals surface area (Å²) < 4.78 is 5.25. The second-order valence-electron chi connectivity index (χ2n) is 5.92. The smallest absolute Gasteiger partial charge is 0.0613 e. The van der Waals surface area contributed by atoms with Gasteiger partial charge in [0.15, 0.2) is 0 Å². The van der Waals surface area contributed by atoms with E-state index in [1.165, 1.54) is 12.8 Å². The highest BCUT2D eigenvalue weighted by Gasteiger charge is 2.26. The normalized spacial score (nSPS) is 14.9. The van der Waals surface area contributed by atoms with Gasteiger partial charge in [0.25, 0.3) is 0 Å². The van der Waals surface area contributed by atoms with Crippen molar-refractivity contribution in [2.75, 3.05) is 40.0 Å². The van der Waals surface area contributed by atoms with Gasteiger partial charge in [-0.05, 0) is 45.2 Å². The van der Waals surface area contributed by atoms with E-state index in [0.29, 0.717) is 6.04 Å². The van der Waals surface area contributed by atoms with Gasteiger partial charge in [-0.25, -0.2) is 0 Å². The fourth-order valence-electron chi connectivity index (χ4n) is 3.12. The lowest BCUT2D eigenvalue weighted by atomic mass is 9.91. The van der Waals surface area contributed by atoms with Crippen LogP contribution < -0.4 is 5.32 Å². The maximum Gasteiger partial charge on any atom is 0.0613 e. The van der Waals surface area contributed by atoms with Crippen LogP contribution in [0.25, 0.3) is 0 Å². The number of hydrogen-bond acceptors (Lipinski definition) is 4. The molecule has 0 bridgehead atoms. The Morgan fingerprint density at radius 1 is 1.14 bits per heavy atom. The molecule has 4 nitrogen and oxygen atoms in total. The first-order valence-corrected chi connectivity index (χ1v) is 8.71. The summed E-state index contributed by atoms with van der Waals surface area (Å²) in [7, 11) is 1.77. The van der Waals surface area contributed by atoms with E-state index in [4.69, 9.17) is 4.74 Å². The Hall–Kier alpha value is -0.160. The molecule has 1 unspecified atom stereocenters. The van der Waals surface area contributed by atoms with Crippen LogP contribution >= 0.6 is 0 Å². The zero-order valence-corrected chi connectivity index (χ0v) is 15.0. The van der Waals surface area contributed by atoms with E-state index in [1.54, 1.807) is 7.11 Å². The summed E-state index contributed by atoms with van der Waals surface area (Å²) in [5.41, 5.74) is -0.102. The largest absolute Gasteiger partial charge is 0.394 e. The van der Waals surface area contributed by atoms with Crippen LogP contribution in [-0.2, 0) is 4.74 Å². The lowest BCUT2D eigenvalue weighted by molar-refractivity contribution is 0.103. The molecule has 0 aromatic rings. The van der Waals surface area contributed by atoms with Gasteiger partial charge in [-0.15, -0.1) is 0 Å². The molecular weight excluding hydrogens is 264 g/mol. The summed E-state index contributed by atoms with van der Waals surface area (Å²) >= 11 is 0. The highest BCUT2D eigenvalue weighted by atomic mass is 16.5. The van der Waals surface area contributed by atoms with Gasteiger partial charge < -0.3 is 15.2 Å². The third kappa shape index (κ3) is 7.59. The molecule has 128 valence electrons. The molecular formula is C17H38N2O2. The summed E-state index contributed by atoms with van der Waals surface area (Å²) in [5, 5.41) is 13.2. The molecule has 0 aromatic carbocycles. The van der Waals surface area contributed by atoms with Crippen molar-refractivity contribution in [2.24, 2.45) is 0 Å². The van der Waals surface area contributed by atoms with E-state index in [-0.39, 0.29) is 12.1 Å². The van der Waals surface area contributed by atoms with Crippen LogP contribution in [0.1, 0.15) is 59.8 Å². The van der Waals surface area contributed by atoms with Crippen molar-refractivity contribution in [3.05, 3.63) is 0 Å². The lowest BCUT2D eigenvalue weighted by Gasteiger charge is -2.34. The Balaban J connectivity index is 4.44. The molecule has 1 atom stereocenters. The van der Waals surface area contributed by atoms with Gasteiger partial charge in [0.2, 0.25) is 0 Å². The molecule has 0 radical (unpaired) electrons. The van der Waals surface area contributed by atoms with Gasteiger partial charge in [0.05, 0.1) is 13.2 Å². The molecule has 4 heteroatoms. The van der Waals surface area contributed by atoms with E-state index < -0.39 is 0 Å². The molecule has 21 heavy (non-hydrogen) atoms. The molecule has 2 N–H and O–H groups in total. The van der Waals surface area contributed by atoms with E-state index >= 15 is 0 Å². The van der Waals surface area contributed by atoms with Crippen LogP contribution in [0, 0.1) is 0 Å². The molecule has 0 saturated heterocycles. The van der Waals surface area contributed by atoms with Crippen LogP contribution in [-0.4, -0.2) is 61.5 Å². The Bertz CT molecular complexity index is 229. The molecule has 0 aromatic heterocycles. The minimum atomic E-state index is -0.102. The van der Waals surface area contributed by atoms with Gasteiger partial charge in [0, 0.05) is 25.2 Å². The Kier molecular flexibility index (Phi) is 12.3. The monoisotopic (exact) mass is 302 g/mol. The minimum absolute atomic E-state index is 0.102. The van der Waals surface area contributed by atoms with Crippen molar-refractivity contribution in [2.45, 2.75) is 71.4 Å². The summed E-state index contributed by atoms with van der Waals surface area (Å²) in [4.78, 5) is 2.55. The number of aliphatic hydroxyl groups is 1. The number of ether oxygens (including phenoxy) is 1. The predicted molar refractivity (Wildman–Crippen MR) is 90.8 cm³/mol. The number of likely N-dealkylation sites (N-methyl/N-ethyl adjacent to an activating group) is 1. The number of aliphatic hydroxyl groups excluding tert-OH is 1. The summed E-state index contributed by atoms with van der Waals surface area (Å²) in [6.45, 7) is 12.8. The summed E-state index contributed by atoms with van der Waals surface area (Å²) in [6, 6.07) is 0.643. The number of rotatable bonds is 14. The quantitative estimate of drug-likeness (QED) is 0.518. The van der Waals surface area contributed by atoms with Crippen LogP contribution in [0.5, 0.6) is 0 Å². The van der Waals surface area contributed by atoms with E-state index in [2.05, 4.69) is 37.9 Å². The first-order valence-electron chi connectivity index (χ1n) is 8.71. The van der Waals surface area contributed by atoms with Crippen molar-refractivity contribution in [3.8, 4) is 0 Å². The predicted octanol–water partition coefficient (Wildman–Crippen LogP) is 2.65. The van der Waals surface area contributed by atoms with Gasteiger partial charge in [-0.1, -0.05) is 27.7 Å². The van der Waals surface area contributed by atoms with Gasteiger partial charge >= 0.3 is 0 Å². The highest BCUT2D eigenvalue weighted by molar-refractivity contribution is 4.86. The molecule has 0 spiro atoms. The average Bonchev–Trinajstić information content (AvgIpc) is 2.52. The van der Waals surface area contributed by atoms with E-state index in [0.717, 1.165) is 45.5 Å². The average molecular weight is 303 g/mol. The fraction of sp³-hybridized carbons (Fsp3) is 1.00. The van der Waals surface area contributed by atoms with Crippen LogP contribution in [0.15, 0.2) is 0 Å². The first kappa shape index (κ1) is 20.8. The second kappa shape index (κ2) is 12.4. The molecule has 0 heterocycles. The zero-order valence-electron chi connectivity index (χ0n) is 15.0. The number of methoxy groups -OCH3 is 1. The first-order chi connectivity index (χ1) is 10.1. The summed E-state index contributed by atoms with van der Waals surface area (Å²) in [6.07, 6.45) is 5.48. The molecule has 0 aliphatic rings. The fourth-order valence-corrected chi connectivity index (χ4v) is 3.12. The van der Waals surface area contributed by atoms with Crippen molar-refractivity contribution in [1.82, 2.24) is 10.2 Å². The molecule has 0 fully saturated rings. The van der Waals surface area contributed by atoms with E-state index in [1.807, 2.05) is 0 Å². The van der Waals surface area contributed by atoms with Crippen molar-refractivity contribution in [3.63, 3.8) is 0 Å². The van der Waals surface area contributed by atoms with Crippen molar-refractivity contribution in [1.29, 1.82) is 0 Å². The second-order valence-corrected chi connectivity index (χ2v) is 5.92. The number of nitrogens with one attached hydrogen (secondary N) is 1. The molecule has 0 saturated carbocycles. The van der Waals surface area contributed by atoms with Crippen LogP contribution in [0.4, 0.5) is 0 Å². The van der Waals surface area contributed by atoms with E-state index in [9.17, 15) is 5.11 Å². The maximum atomic E-state index is 9.72. The Morgan fingerprint density at radius 2 is 1.81 bits per heavy atom. The third-order valence-electron chi connectivity index (χ3n) is 4.67. The highest BCUT2D eigenvalue weighted by Crippen LogP contribution is 2.18. The third-order valence-corrected chi connectivity index (χ3v) is 4.67. The SMILES string of the molecule is CCNC(CC)(CO)CCCN(CCOC)C(CC)CC. The Morgan fingerprint density at radius 3 is 2.24 bits per heavy atom. The molecule has 0 aliphatic heterocycles. The van der Waals surface area contributed by atoms with Crippen LogP contribution in [0.2, 0.25) is 0 Å². The maximum absolute atomic E-state index is 9.72. The van der Waals surface area contributed by atoms with Gasteiger partial charge in [-0.3, -0.25) is 4.90 Å². The number of hydrogen-bond donors (Lipinski definition) is 2. The minimum Gasteiger partial charge on any atom is -0.394 e.